The van der Waals surface area contributed by atoms with Gasteiger partial charge in [0.1, 0.15) is 5.75 Å². The van der Waals surface area contributed by atoms with Gasteiger partial charge in [0.05, 0.1) is 6.10 Å². The minimum Gasteiger partial charge on any atom is -0.491 e. The largest absolute Gasteiger partial charge is 0.491 e. The lowest BCUT2D eigenvalue weighted by Gasteiger charge is -2.11. The van der Waals surface area contributed by atoms with E-state index in [1.807, 2.05) is 38.4 Å². The second-order valence-corrected chi connectivity index (χ2v) is 5.22. The van der Waals surface area contributed by atoms with E-state index in [2.05, 4.69) is 35.4 Å². The Morgan fingerprint density at radius 2 is 1.85 bits per heavy atom. The summed E-state index contributed by atoms with van der Waals surface area (Å²) in [5.74, 6) is 0.925. The van der Waals surface area contributed by atoms with Crippen LogP contribution < -0.4 is 10.1 Å². The normalized spacial score (nSPS) is 10.8. The number of benzene rings is 1. The van der Waals surface area contributed by atoms with Crippen LogP contribution >= 0.6 is 0 Å². The molecule has 20 heavy (non-hydrogen) atoms. The standard InChI is InChI=1S/C17H22N2O/c1-13(2)20-17-6-4-15(5-7-17)11-19-12-16-8-9-18-10-14(16)3/h4-10,13,19H,11-12H2,1-3H3. The summed E-state index contributed by atoms with van der Waals surface area (Å²) in [4.78, 5) is 4.10. The van der Waals surface area contributed by atoms with Gasteiger partial charge in [-0.15, -0.1) is 0 Å². The monoisotopic (exact) mass is 270 g/mol. The molecule has 0 saturated heterocycles. The van der Waals surface area contributed by atoms with Gasteiger partial charge in [-0.3, -0.25) is 4.98 Å². The summed E-state index contributed by atoms with van der Waals surface area (Å²) in [6, 6.07) is 10.3. The third-order valence-electron chi connectivity index (χ3n) is 3.08. The Morgan fingerprint density at radius 1 is 1.10 bits per heavy atom. The molecule has 0 amide bonds. The maximum atomic E-state index is 5.63. The van der Waals surface area contributed by atoms with E-state index in [9.17, 15) is 0 Å². The maximum Gasteiger partial charge on any atom is 0.119 e. The zero-order chi connectivity index (χ0) is 14.4. The van der Waals surface area contributed by atoms with Crippen molar-refractivity contribution in [3.63, 3.8) is 0 Å². The van der Waals surface area contributed by atoms with Crippen LogP contribution in [0.15, 0.2) is 42.7 Å². The second kappa shape index (κ2) is 7.06. The van der Waals surface area contributed by atoms with E-state index >= 15 is 0 Å². The topological polar surface area (TPSA) is 34.2 Å². The lowest BCUT2D eigenvalue weighted by atomic mass is 10.1. The highest BCUT2D eigenvalue weighted by Gasteiger charge is 2.00. The van der Waals surface area contributed by atoms with Crippen molar-refractivity contribution < 1.29 is 4.74 Å². The zero-order valence-corrected chi connectivity index (χ0v) is 12.4. The smallest absolute Gasteiger partial charge is 0.119 e. The molecule has 0 spiro atoms. The highest BCUT2D eigenvalue weighted by molar-refractivity contribution is 5.27. The molecule has 3 nitrogen and oxygen atoms in total. The van der Waals surface area contributed by atoms with Gasteiger partial charge >= 0.3 is 0 Å². The van der Waals surface area contributed by atoms with E-state index in [0.29, 0.717) is 0 Å². The maximum absolute atomic E-state index is 5.63. The van der Waals surface area contributed by atoms with E-state index in [-0.39, 0.29) is 6.10 Å². The SMILES string of the molecule is Cc1cnccc1CNCc1ccc(OC(C)C)cc1. The number of hydrogen-bond acceptors (Lipinski definition) is 3. The minimum atomic E-state index is 0.216. The number of ether oxygens (including phenoxy) is 1. The molecular formula is C17H22N2O. The fraction of sp³-hybridized carbons (Fsp3) is 0.353. The molecular weight excluding hydrogens is 248 g/mol. The van der Waals surface area contributed by atoms with Crippen molar-refractivity contribution >= 4 is 0 Å². The van der Waals surface area contributed by atoms with Gasteiger partial charge in [-0.1, -0.05) is 12.1 Å². The van der Waals surface area contributed by atoms with Gasteiger partial charge in [-0.2, -0.15) is 0 Å². The summed E-state index contributed by atoms with van der Waals surface area (Å²) in [5.41, 5.74) is 3.77. The molecule has 1 aromatic heterocycles. The molecule has 0 saturated carbocycles. The first kappa shape index (κ1) is 14.5. The third-order valence-corrected chi connectivity index (χ3v) is 3.08. The molecule has 0 bridgehead atoms. The average molecular weight is 270 g/mol. The first-order valence-electron chi connectivity index (χ1n) is 7.01. The molecule has 2 aromatic rings. The highest BCUT2D eigenvalue weighted by atomic mass is 16.5. The van der Waals surface area contributed by atoms with Crippen LogP contribution in [0.25, 0.3) is 0 Å². The van der Waals surface area contributed by atoms with Crippen molar-refractivity contribution in [3.8, 4) is 5.75 Å². The minimum absolute atomic E-state index is 0.216. The van der Waals surface area contributed by atoms with Crippen molar-refractivity contribution in [1.29, 1.82) is 0 Å². The van der Waals surface area contributed by atoms with Crippen LogP contribution in [-0.4, -0.2) is 11.1 Å². The predicted molar refractivity (Wildman–Crippen MR) is 81.7 cm³/mol. The van der Waals surface area contributed by atoms with Crippen LogP contribution in [0.2, 0.25) is 0 Å². The third kappa shape index (κ3) is 4.35. The first-order chi connectivity index (χ1) is 9.65. The Kier molecular flexibility index (Phi) is 5.13. The number of nitrogens with one attached hydrogen (secondary N) is 1. The Bertz CT molecular complexity index is 535. The fourth-order valence-electron chi connectivity index (χ4n) is 2.00. The summed E-state index contributed by atoms with van der Waals surface area (Å²) in [5, 5.41) is 3.45. The number of rotatable bonds is 6. The molecule has 0 radical (unpaired) electrons. The number of nitrogens with zero attached hydrogens (tertiary/aromatic N) is 1. The lowest BCUT2D eigenvalue weighted by Crippen LogP contribution is -2.13. The molecule has 0 atom stereocenters. The predicted octanol–water partition coefficient (Wildman–Crippen LogP) is 3.47. The van der Waals surface area contributed by atoms with E-state index in [1.165, 1.54) is 16.7 Å². The van der Waals surface area contributed by atoms with Crippen molar-refractivity contribution in [2.24, 2.45) is 0 Å². The Balaban J connectivity index is 1.84. The van der Waals surface area contributed by atoms with E-state index < -0.39 is 0 Å². The molecule has 2 rings (SSSR count). The van der Waals surface area contributed by atoms with Gasteiger partial charge in [-0.25, -0.2) is 0 Å². The van der Waals surface area contributed by atoms with Crippen molar-refractivity contribution in [3.05, 3.63) is 59.4 Å². The second-order valence-electron chi connectivity index (χ2n) is 5.22. The summed E-state index contributed by atoms with van der Waals surface area (Å²) in [6.07, 6.45) is 3.95. The molecule has 0 unspecified atom stereocenters. The summed E-state index contributed by atoms with van der Waals surface area (Å²) in [7, 11) is 0. The quantitative estimate of drug-likeness (QED) is 0.872. The van der Waals surface area contributed by atoms with Gasteiger partial charge < -0.3 is 10.1 Å². The Hall–Kier alpha value is -1.87. The van der Waals surface area contributed by atoms with Crippen molar-refractivity contribution in [2.45, 2.75) is 40.0 Å². The van der Waals surface area contributed by atoms with Gasteiger partial charge in [0.15, 0.2) is 0 Å². The number of hydrogen-bond donors (Lipinski definition) is 1. The first-order valence-corrected chi connectivity index (χ1v) is 7.01. The Morgan fingerprint density at radius 3 is 2.50 bits per heavy atom. The highest BCUT2D eigenvalue weighted by Crippen LogP contribution is 2.14. The van der Waals surface area contributed by atoms with Crippen molar-refractivity contribution in [1.82, 2.24) is 10.3 Å². The molecule has 3 heteroatoms. The molecule has 0 fully saturated rings. The summed E-state index contributed by atoms with van der Waals surface area (Å²) in [6.45, 7) is 7.86. The Labute approximate surface area is 121 Å². The number of aryl methyl sites for hydroxylation is 1. The number of pyridine rings is 1. The molecule has 1 N–H and O–H groups in total. The summed E-state index contributed by atoms with van der Waals surface area (Å²) < 4.78 is 5.63. The van der Waals surface area contributed by atoms with E-state index in [0.717, 1.165) is 18.8 Å². The van der Waals surface area contributed by atoms with Crippen LogP contribution in [0.4, 0.5) is 0 Å². The van der Waals surface area contributed by atoms with E-state index in [4.69, 9.17) is 4.74 Å². The van der Waals surface area contributed by atoms with Crippen molar-refractivity contribution in [2.75, 3.05) is 0 Å². The summed E-state index contributed by atoms with van der Waals surface area (Å²) >= 11 is 0. The van der Waals surface area contributed by atoms with Crippen LogP contribution in [0.5, 0.6) is 5.75 Å². The van der Waals surface area contributed by atoms with Gasteiger partial charge in [0.25, 0.3) is 0 Å². The van der Waals surface area contributed by atoms with Crippen LogP contribution in [-0.2, 0) is 13.1 Å². The molecule has 106 valence electrons. The number of aromatic nitrogens is 1. The average Bonchev–Trinajstić information content (AvgIpc) is 2.42. The van der Waals surface area contributed by atoms with Gasteiger partial charge in [0.2, 0.25) is 0 Å². The molecule has 0 aliphatic carbocycles. The van der Waals surface area contributed by atoms with E-state index in [1.54, 1.807) is 0 Å². The van der Waals surface area contributed by atoms with Gasteiger partial charge in [-0.05, 0) is 55.7 Å². The molecule has 0 aliphatic heterocycles. The molecule has 0 aliphatic rings. The zero-order valence-electron chi connectivity index (χ0n) is 12.4. The molecule has 1 aromatic carbocycles. The van der Waals surface area contributed by atoms with Crippen LogP contribution in [0.1, 0.15) is 30.5 Å². The van der Waals surface area contributed by atoms with Gasteiger partial charge in [0, 0.05) is 25.5 Å². The molecule has 1 heterocycles. The van der Waals surface area contributed by atoms with Crippen LogP contribution in [0.3, 0.4) is 0 Å². The van der Waals surface area contributed by atoms with Crippen LogP contribution in [0, 0.1) is 6.92 Å². The fourth-order valence-corrected chi connectivity index (χ4v) is 2.00. The lowest BCUT2D eigenvalue weighted by molar-refractivity contribution is 0.242.